The van der Waals surface area contributed by atoms with Gasteiger partial charge in [0, 0.05) is 25.2 Å². The third-order valence-electron chi connectivity index (χ3n) is 6.52. The van der Waals surface area contributed by atoms with E-state index in [0.29, 0.717) is 36.9 Å². The predicted octanol–water partition coefficient (Wildman–Crippen LogP) is 2.07. The summed E-state index contributed by atoms with van der Waals surface area (Å²) in [6.07, 6.45) is 5.25. The summed E-state index contributed by atoms with van der Waals surface area (Å²) < 4.78 is 0. The third-order valence-corrected chi connectivity index (χ3v) is 6.52. The zero-order valence-electron chi connectivity index (χ0n) is 18.2. The molecule has 4 rings (SSSR count). The molecule has 170 valence electrons. The van der Waals surface area contributed by atoms with Gasteiger partial charge in [-0.05, 0) is 43.9 Å². The highest BCUT2D eigenvalue weighted by Crippen LogP contribution is 2.35. The van der Waals surface area contributed by atoms with Crippen molar-refractivity contribution in [3.63, 3.8) is 0 Å². The number of hydrogen-bond donors (Lipinski definition) is 2. The summed E-state index contributed by atoms with van der Waals surface area (Å²) in [5.74, 6) is -1.23. The van der Waals surface area contributed by atoms with Crippen LogP contribution in [0.15, 0.2) is 18.2 Å². The van der Waals surface area contributed by atoms with Gasteiger partial charge in [0.15, 0.2) is 0 Å². The van der Waals surface area contributed by atoms with E-state index in [4.69, 9.17) is 0 Å². The number of imide groups is 2. The molecule has 1 aromatic rings. The van der Waals surface area contributed by atoms with Gasteiger partial charge in [-0.15, -0.1) is 0 Å². The fourth-order valence-electron chi connectivity index (χ4n) is 4.69. The summed E-state index contributed by atoms with van der Waals surface area (Å²) in [4.78, 5) is 64.8. The molecule has 2 heterocycles. The first-order valence-corrected chi connectivity index (χ1v) is 11.3. The number of carbonyl (C=O) groups excluding carboxylic acids is 5. The van der Waals surface area contributed by atoms with Gasteiger partial charge >= 0.3 is 6.03 Å². The zero-order valence-corrected chi connectivity index (χ0v) is 18.2. The summed E-state index contributed by atoms with van der Waals surface area (Å²) in [6, 6.07) is 4.14. The second kappa shape index (κ2) is 8.72. The number of fused-ring (bicyclic) bond motifs is 1. The molecule has 0 aromatic heterocycles. The van der Waals surface area contributed by atoms with Gasteiger partial charge in [-0.2, -0.15) is 0 Å². The lowest BCUT2D eigenvalue weighted by Crippen LogP contribution is -2.44. The molecule has 1 aromatic carbocycles. The number of unbranched alkanes of at least 4 members (excludes halogenated alkanes) is 1. The first-order valence-electron chi connectivity index (χ1n) is 11.3. The minimum absolute atomic E-state index is 0.166. The lowest BCUT2D eigenvalue weighted by molar-refractivity contribution is -0.131. The van der Waals surface area contributed by atoms with E-state index in [0.717, 1.165) is 25.7 Å². The molecule has 9 heteroatoms. The molecular formula is C23H28N4O5. The molecule has 0 radical (unpaired) electrons. The second-order valence-electron chi connectivity index (χ2n) is 8.66. The van der Waals surface area contributed by atoms with Gasteiger partial charge in [0.05, 0.1) is 11.1 Å². The number of nitrogens with zero attached hydrogens (tertiary/aromatic N) is 2. The normalized spacial score (nSPS) is 19.2. The van der Waals surface area contributed by atoms with E-state index < -0.39 is 5.54 Å². The minimum atomic E-state index is -0.722. The van der Waals surface area contributed by atoms with Crippen LogP contribution in [0.3, 0.4) is 0 Å². The number of benzene rings is 1. The molecule has 1 saturated heterocycles. The monoisotopic (exact) mass is 440 g/mol. The van der Waals surface area contributed by atoms with Crippen LogP contribution in [-0.2, 0) is 4.79 Å². The standard InChI is InChI=1S/C23H28N4O5/c1-2-3-12-26-19(29)16-8-7-15(14-17(16)20(26)30)18(28)24-11-6-13-27-21(31)23(25-22(27)32)9-4-5-10-23/h7-8,14H,2-6,9-13H2,1H3,(H,24,28)(H,25,32). The summed E-state index contributed by atoms with van der Waals surface area (Å²) >= 11 is 0. The van der Waals surface area contributed by atoms with Gasteiger partial charge in [0.1, 0.15) is 5.54 Å². The van der Waals surface area contributed by atoms with Crippen molar-refractivity contribution in [2.24, 2.45) is 0 Å². The molecule has 3 aliphatic rings. The average Bonchev–Trinajstić information content (AvgIpc) is 3.42. The van der Waals surface area contributed by atoms with E-state index in [-0.39, 0.29) is 48.3 Å². The van der Waals surface area contributed by atoms with Crippen LogP contribution in [0.25, 0.3) is 0 Å². The maximum absolute atomic E-state index is 12.6. The molecule has 1 saturated carbocycles. The first kappa shape index (κ1) is 22.0. The number of urea groups is 1. The zero-order chi connectivity index (χ0) is 22.9. The Balaban J connectivity index is 1.31. The van der Waals surface area contributed by atoms with E-state index in [1.807, 2.05) is 6.92 Å². The summed E-state index contributed by atoms with van der Waals surface area (Å²) in [7, 11) is 0. The molecule has 2 fully saturated rings. The Morgan fingerprint density at radius 3 is 2.41 bits per heavy atom. The predicted molar refractivity (Wildman–Crippen MR) is 115 cm³/mol. The van der Waals surface area contributed by atoms with E-state index in [1.165, 1.54) is 28.0 Å². The van der Waals surface area contributed by atoms with Crippen LogP contribution < -0.4 is 10.6 Å². The molecule has 1 aliphatic carbocycles. The van der Waals surface area contributed by atoms with Gasteiger partial charge in [-0.1, -0.05) is 26.2 Å². The molecule has 6 amide bonds. The topological polar surface area (TPSA) is 116 Å². The van der Waals surface area contributed by atoms with Gasteiger partial charge in [0.25, 0.3) is 23.6 Å². The van der Waals surface area contributed by atoms with Crippen LogP contribution in [0.2, 0.25) is 0 Å². The number of carbonyl (C=O) groups is 5. The van der Waals surface area contributed by atoms with Crippen molar-refractivity contribution in [1.82, 2.24) is 20.4 Å². The molecule has 0 bridgehead atoms. The Kier molecular flexibility index (Phi) is 5.99. The van der Waals surface area contributed by atoms with Crippen LogP contribution in [0.4, 0.5) is 4.79 Å². The quantitative estimate of drug-likeness (QED) is 0.365. The molecule has 9 nitrogen and oxygen atoms in total. The first-order chi connectivity index (χ1) is 15.4. The maximum atomic E-state index is 12.6. The van der Waals surface area contributed by atoms with Gasteiger partial charge < -0.3 is 10.6 Å². The van der Waals surface area contributed by atoms with E-state index >= 15 is 0 Å². The van der Waals surface area contributed by atoms with Crippen LogP contribution >= 0.6 is 0 Å². The fourth-order valence-corrected chi connectivity index (χ4v) is 4.69. The van der Waals surface area contributed by atoms with Crippen molar-refractivity contribution in [3.8, 4) is 0 Å². The van der Waals surface area contributed by atoms with Crippen LogP contribution in [0.1, 0.15) is 82.9 Å². The van der Waals surface area contributed by atoms with E-state index in [1.54, 1.807) is 0 Å². The molecule has 1 spiro atoms. The number of amides is 6. The maximum Gasteiger partial charge on any atom is 0.325 e. The Morgan fingerprint density at radius 2 is 1.69 bits per heavy atom. The van der Waals surface area contributed by atoms with Crippen LogP contribution in [0, 0.1) is 0 Å². The molecular weight excluding hydrogens is 412 g/mol. The highest BCUT2D eigenvalue weighted by atomic mass is 16.2. The number of nitrogens with one attached hydrogen (secondary N) is 2. The summed E-state index contributed by atoms with van der Waals surface area (Å²) in [5, 5.41) is 5.60. The lowest BCUT2D eigenvalue weighted by Gasteiger charge is -2.20. The molecule has 0 unspecified atom stereocenters. The van der Waals surface area contributed by atoms with Crippen molar-refractivity contribution in [3.05, 3.63) is 34.9 Å². The Bertz CT molecular complexity index is 983. The van der Waals surface area contributed by atoms with E-state index in [9.17, 15) is 24.0 Å². The Labute approximate surface area is 186 Å². The SMILES string of the molecule is CCCCN1C(=O)c2ccc(C(=O)NCCCN3C(=O)NC4(CCCC4)C3=O)cc2C1=O. The Hall–Kier alpha value is -3.23. The smallest absolute Gasteiger partial charge is 0.325 e. The largest absolute Gasteiger partial charge is 0.352 e. The summed E-state index contributed by atoms with van der Waals surface area (Å²) in [6.45, 7) is 2.86. The van der Waals surface area contributed by atoms with Gasteiger partial charge in [-0.3, -0.25) is 29.0 Å². The molecule has 32 heavy (non-hydrogen) atoms. The van der Waals surface area contributed by atoms with Crippen molar-refractivity contribution < 1.29 is 24.0 Å². The van der Waals surface area contributed by atoms with Crippen molar-refractivity contribution in [2.75, 3.05) is 19.6 Å². The van der Waals surface area contributed by atoms with Gasteiger partial charge in [-0.25, -0.2) is 4.79 Å². The number of hydrogen-bond acceptors (Lipinski definition) is 5. The Morgan fingerprint density at radius 1 is 1.00 bits per heavy atom. The van der Waals surface area contributed by atoms with Crippen molar-refractivity contribution in [1.29, 1.82) is 0 Å². The molecule has 2 aliphatic heterocycles. The van der Waals surface area contributed by atoms with Gasteiger partial charge in [0.2, 0.25) is 0 Å². The fraction of sp³-hybridized carbons (Fsp3) is 0.522. The summed E-state index contributed by atoms with van der Waals surface area (Å²) in [5.41, 5.74) is 0.142. The molecule has 0 atom stereocenters. The minimum Gasteiger partial charge on any atom is -0.352 e. The average molecular weight is 441 g/mol. The van der Waals surface area contributed by atoms with Crippen molar-refractivity contribution >= 4 is 29.7 Å². The highest BCUT2D eigenvalue weighted by molar-refractivity contribution is 6.22. The lowest BCUT2D eigenvalue weighted by atomic mass is 9.98. The van der Waals surface area contributed by atoms with Crippen LogP contribution in [-0.4, -0.2) is 64.6 Å². The highest BCUT2D eigenvalue weighted by Gasteiger charge is 2.52. The molecule has 2 N–H and O–H groups in total. The third kappa shape index (κ3) is 3.76. The van der Waals surface area contributed by atoms with Crippen LogP contribution in [0.5, 0.6) is 0 Å². The number of rotatable bonds is 8. The second-order valence-corrected chi connectivity index (χ2v) is 8.66. The van der Waals surface area contributed by atoms with Crippen molar-refractivity contribution in [2.45, 2.75) is 57.4 Å². The van der Waals surface area contributed by atoms with E-state index in [2.05, 4.69) is 10.6 Å².